The summed E-state index contributed by atoms with van der Waals surface area (Å²) in [6.45, 7) is -0.396. The van der Waals surface area contributed by atoms with Crippen LogP contribution < -0.4 is 10.9 Å². The van der Waals surface area contributed by atoms with Crippen LogP contribution in [0.4, 0.5) is 10.1 Å². The van der Waals surface area contributed by atoms with Crippen LogP contribution in [0, 0.1) is 5.82 Å². The van der Waals surface area contributed by atoms with Crippen molar-refractivity contribution in [1.29, 1.82) is 0 Å². The van der Waals surface area contributed by atoms with Crippen LogP contribution in [-0.4, -0.2) is 30.7 Å². The number of nitrogens with zero attached hydrogens (tertiary/aromatic N) is 5. The Morgan fingerprint density at radius 2 is 1.81 bits per heavy atom. The van der Waals surface area contributed by atoms with Crippen LogP contribution in [0.2, 0.25) is 0 Å². The molecule has 0 aliphatic rings. The second-order valence-electron chi connectivity index (χ2n) is 5.71. The molecule has 0 fully saturated rings. The lowest BCUT2D eigenvalue weighted by Gasteiger charge is -2.07. The number of benzene rings is 2. The van der Waals surface area contributed by atoms with Gasteiger partial charge in [-0.05, 0) is 24.3 Å². The molecule has 1 amide bonds. The van der Waals surface area contributed by atoms with Crippen molar-refractivity contribution in [3.63, 3.8) is 0 Å². The van der Waals surface area contributed by atoms with E-state index in [1.165, 1.54) is 29.1 Å². The van der Waals surface area contributed by atoms with Gasteiger partial charge in [0.05, 0.1) is 17.6 Å². The molecule has 27 heavy (non-hydrogen) atoms. The highest BCUT2D eigenvalue weighted by Crippen LogP contribution is 2.13. The fourth-order valence-corrected chi connectivity index (χ4v) is 2.61. The zero-order valence-corrected chi connectivity index (χ0v) is 13.9. The Bertz CT molecular complexity index is 1190. The van der Waals surface area contributed by atoms with Crippen molar-refractivity contribution in [2.45, 2.75) is 6.54 Å². The monoisotopic (exact) mass is 364 g/mol. The topological polar surface area (TPSA) is 94.7 Å². The van der Waals surface area contributed by atoms with Gasteiger partial charge in [-0.15, -0.1) is 5.10 Å². The standard InChI is InChI=1S/C18H13FN6O2/c19-14-8-4-5-9-15(14)21-16(26)11-24-18(27)13-10-20-25(17(13)22-23-24)12-6-2-1-3-7-12/h1-10H,11H2,(H,21,26). The fraction of sp³-hybridized carbons (Fsp3) is 0.0556. The molecular weight excluding hydrogens is 351 g/mol. The molecule has 0 radical (unpaired) electrons. The third kappa shape index (κ3) is 3.17. The summed E-state index contributed by atoms with van der Waals surface area (Å²) in [4.78, 5) is 24.7. The van der Waals surface area contributed by atoms with Gasteiger partial charge in [-0.1, -0.05) is 35.5 Å². The van der Waals surface area contributed by atoms with Crippen LogP contribution >= 0.6 is 0 Å². The minimum Gasteiger partial charge on any atom is -0.322 e. The van der Waals surface area contributed by atoms with Crippen molar-refractivity contribution in [1.82, 2.24) is 24.8 Å². The van der Waals surface area contributed by atoms with Crippen molar-refractivity contribution < 1.29 is 9.18 Å². The molecule has 0 saturated carbocycles. The van der Waals surface area contributed by atoms with Gasteiger partial charge in [0.2, 0.25) is 5.91 Å². The van der Waals surface area contributed by atoms with E-state index in [0.717, 1.165) is 10.4 Å². The minimum atomic E-state index is -0.591. The predicted octanol–water partition coefficient (Wildman–Crippen LogP) is 1.75. The highest BCUT2D eigenvalue weighted by molar-refractivity contribution is 5.90. The maximum atomic E-state index is 13.6. The zero-order chi connectivity index (χ0) is 18.8. The van der Waals surface area contributed by atoms with Crippen molar-refractivity contribution in [2.75, 3.05) is 5.32 Å². The smallest absolute Gasteiger partial charge is 0.281 e. The molecule has 0 atom stereocenters. The number of amides is 1. The van der Waals surface area contributed by atoms with Crippen molar-refractivity contribution in [3.05, 3.63) is 77.0 Å². The molecule has 4 aromatic rings. The Hall–Kier alpha value is -3.88. The van der Waals surface area contributed by atoms with Gasteiger partial charge in [-0.2, -0.15) is 5.10 Å². The third-order valence-electron chi connectivity index (χ3n) is 3.90. The summed E-state index contributed by atoms with van der Waals surface area (Å²) in [6, 6.07) is 14.9. The van der Waals surface area contributed by atoms with E-state index in [4.69, 9.17) is 0 Å². The maximum absolute atomic E-state index is 13.6. The summed E-state index contributed by atoms with van der Waals surface area (Å²) >= 11 is 0. The van der Waals surface area contributed by atoms with Gasteiger partial charge in [0, 0.05) is 0 Å². The summed E-state index contributed by atoms with van der Waals surface area (Å²) < 4.78 is 16.0. The Kier molecular flexibility index (Phi) is 4.17. The van der Waals surface area contributed by atoms with E-state index in [2.05, 4.69) is 20.7 Å². The van der Waals surface area contributed by atoms with E-state index in [1.54, 1.807) is 6.07 Å². The van der Waals surface area contributed by atoms with Gasteiger partial charge in [-0.25, -0.2) is 13.8 Å². The van der Waals surface area contributed by atoms with Crippen LogP contribution in [0.3, 0.4) is 0 Å². The van der Waals surface area contributed by atoms with Crippen LogP contribution in [0.15, 0.2) is 65.6 Å². The fourth-order valence-electron chi connectivity index (χ4n) is 2.61. The first-order valence-electron chi connectivity index (χ1n) is 8.05. The zero-order valence-electron chi connectivity index (χ0n) is 13.9. The Balaban J connectivity index is 1.62. The van der Waals surface area contributed by atoms with E-state index in [-0.39, 0.29) is 16.7 Å². The molecule has 134 valence electrons. The summed E-state index contributed by atoms with van der Waals surface area (Å²) in [5.41, 5.74) is 0.542. The molecule has 0 spiro atoms. The number of nitrogens with one attached hydrogen (secondary N) is 1. The molecule has 8 nitrogen and oxygen atoms in total. The largest absolute Gasteiger partial charge is 0.322 e. The number of rotatable bonds is 4. The number of fused-ring (bicyclic) bond motifs is 1. The average Bonchev–Trinajstić information content (AvgIpc) is 3.11. The van der Waals surface area contributed by atoms with E-state index >= 15 is 0 Å². The summed E-state index contributed by atoms with van der Waals surface area (Å²) in [6.07, 6.45) is 1.38. The number of carbonyl (C=O) groups is 1. The van der Waals surface area contributed by atoms with Gasteiger partial charge < -0.3 is 5.32 Å². The summed E-state index contributed by atoms with van der Waals surface area (Å²) in [5.74, 6) is -1.16. The predicted molar refractivity (Wildman–Crippen MR) is 95.9 cm³/mol. The molecule has 0 bridgehead atoms. The van der Waals surface area contributed by atoms with Gasteiger partial charge in [0.25, 0.3) is 5.56 Å². The van der Waals surface area contributed by atoms with Gasteiger partial charge in [0.15, 0.2) is 5.65 Å². The van der Waals surface area contributed by atoms with Gasteiger partial charge in [0.1, 0.15) is 17.7 Å². The Morgan fingerprint density at radius 1 is 1.07 bits per heavy atom. The third-order valence-corrected chi connectivity index (χ3v) is 3.90. The van der Waals surface area contributed by atoms with Crippen LogP contribution in [0.1, 0.15) is 0 Å². The van der Waals surface area contributed by atoms with Crippen molar-refractivity contribution in [3.8, 4) is 5.69 Å². The molecule has 0 unspecified atom stereocenters. The summed E-state index contributed by atoms with van der Waals surface area (Å²) in [5, 5.41) is 14.6. The quantitative estimate of drug-likeness (QED) is 0.595. The highest BCUT2D eigenvalue weighted by atomic mass is 19.1. The van der Waals surface area contributed by atoms with E-state index in [9.17, 15) is 14.0 Å². The Labute approximate surface area is 151 Å². The normalized spacial score (nSPS) is 10.9. The number of hydrogen-bond acceptors (Lipinski definition) is 5. The number of halogens is 1. The first kappa shape index (κ1) is 16.6. The van der Waals surface area contributed by atoms with E-state index < -0.39 is 23.8 Å². The first-order valence-corrected chi connectivity index (χ1v) is 8.05. The molecule has 4 rings (SSSR count). The second-order valence-corrected chi connectivity index (χ2v) is 5.71. The van der Waals surface area contributed by atoms with Gasteiger partial charge in [-0.3, -0.25) is 9.59 Å². The average molecular weight is 364 g/mol. The second kappa shape index (κ2) is 6.79. The molecule has 2 heterocycles. The molecule has 9 heteroatoms. The Morgan fingerprint density at radius 3 is 2.59 bits per heavy atom. The number of anilines is 1. The van der Waals surface area contributed by atoms with Crippen LogP contribution in [0.25, 0.3) is 16.7 Å². The lowest BCUT2D eigenvalue weighted by atomic mass is 10.3. The molecule has 2 aromatic carbocycles. The number of carbonyl (C=O) groups excluding carboxylic acids is 1. The molecule has 1 N–H and O–H groups in total. The maximum Gasteiger partial charge on any atom is 0.281 e. The van der Waals surface area contributed by atoms with E-state index in [0.29, 0.717) is 0 Å². The number of hydrogen-bond donors (Lipinski definition) is 1. The minimum absolute atomic E-state index is 0.0292. The van der Waals surface area contributed by atoms with E-state index in [1.807, 2.05) is 30.3 Å². The highest BCUT2D eigenvalue weighted by Gasteiger charge is 2.15. The lowest BCUT2D eigenvalue weighted by molar-refractivity contribution is -0.117. The van der Waals surface area contributed by atoms with Gasteiger partial charge >= 0.3 is 0 Å². The van der Waals surface area contributed by atoms with Crippen molar-refractivity contribution in [2.24, 2.45) is 0 Å². The number of aromatic nitrogens is 5. The molecule has 0 saturated heterocycles. The molecule has 0 aliphatic carbocycles. The van der Waals surface area contributed by atoms with Crippen LogP contribution in [0.5, 0.6) is 0 Å². The molecule has 0 aliphatic heterocycles. The lowest BCUT2D eigenvalue weighted by Crippen LogP contribution is -2.30. The number of para-hydroxylation sites is 2. The SMILES string of the molecule is O=C(Cn1nnc2c(cnn2-c2ccccc2)c1=O)Nc1ccccc1F. The summed E-state index contributed by atoms with van der Waals surface area (Å²) in [7, 11) is 0. The molecule has 2 aromatic heterocycles. The van der Waals surface area contributed by atoms with Crippen LogP contribution in [-0.2, 0) is 11.3 Å². The molecular formula is C18H13FN6O2. The van der Waals surface area contributed by atoms with Crippen molar-refractivity contribution >= 4 is 22.6 Å². The first-order chi connectivity index (χ1) is 13.1.